The Bertz CT molecular complexity index is 4840. The van der Waals surface area contributed by atoms with Gasteiger partial charge in [0.2, 0.25) is 11.1 Å². The van der Waals surface area contributed by atoms with Gasteiger partial charge in [0, 0.05) is 229 Å². The second kappa shape index (κ2) is 81.2. The van der Waals surface area contributed by atoms with Crippen molar-refractivity contribution in [3.8, 4) is 0 Å². The number of ketones is 3. The number of aryl methyl sites for hydroxylation is 6. The molecule has 1 unspecified atom stereocenters. The van der Waals surface area contributed by atoms with Crippen LogP contribution in [-0.4, -0.2) is 241 Å². The summed E-state index contributed by atoms with van der Waals surface area (Å²) in [5.74, 6) is -0.627. The summed E-state index contributed by atoms with van der Waals surface area (Å²) in [7, 11) is 3.34. The molecule has 11 rings (SSSR count). The van der Waals surface area contributed by atoms with Gasteiger partial charge in [-0.05, 0) is 191 Å². The van der Waals surface area contributed by atoms with Crippen molar-refractivity contribution in [3.05, 3.63) is 217 Å². The van der Waals surface area contributed by atoms with Crippen LogP contribution in [0.1, 0.15) is 145 Å². The Morgan fingerprint density at radius 1 is 0.669 bits per heavy atom. The zero-order valence-corrected chi connectivity index (χ0v) is 106. The zero-order chi connectivity index (χ0) is 103. The van der Waals surface area contributed by atoms with Gasteiger partial charge in [-0.2, -0.15) is 12.4 Å². The van der Waals surface area contributed by atoms with Crippen molar-refractivity contribution in [2.75, 3.05) is 67.1 Å². The fourth-order valence-corrected chi connectivity index (χ4v) is 11.5. The van der Waals surface area contributed by atoms with E-state index < -0.39 is 75.9 Å². The average molecular weight is 2680 g/mol. The standard InChI is InChI=1S/C13H14BrNO2.2C13H13NO2.C9H12BrNO3.C9H13NO3.C8H8N2.C7H7N.C5H9NO2.2C4H7BrO3.C4H5ClO.CH3F.BHNS.BrH.H3N2O.Na.5Y/c1-9-6-10(4-5-11(9)15-3)7-12(16)13(2,17)8-14;2*1-9-6-10(4-5-11(9)14-3)7-12(15)13(2)8-16-13;1-9(5-10)8(13)11-4-2-3-6(11)7(12)14-9;1-6(2)8(11)10-5-3-4-7(10)9(12)13;1-6-5-7(9)3-4-8(6)10-2;1-6-3-4-8-5-7(6)2;7-5(8)4-2-1-3-6-4;2*1-4(8,2-5)3(6)7;1-3(2)4(5)6;1-2;1-2-3;;1-2-3;;;;;;/h4-6,17H,7-8H2,1-2H3;2*4-6H,7-8H2,1-2H3;6H,2-5H2,1H3;7H,1,3-5H2,2H3,(H,12,13);3-5H,9H2,1H3;4H,1-2H3;4,6H,1-3H2,(H,7,8);2*8H,2H2,1H3,(H,6,7);1H2,2H3;1H3;3H;1H;3H,1H2;;;;;;/q;;;;;;-2;;;;;;;;-1;+1;;;;;/t3*13-;6?,9-;7-;;;3*4-;;;;;;;;;;;/m00001..100.........../s1/i;;;;;;;;;;;1D;;;;;;;;;. The number of amides is 2. The number of nitrogens with two attached hydrogens (primary N) is 2. The second-order valence-electron chi connectivity index (χ2n) is 30.8. The van der Waals surface area contributed by atoms with Crippen LogP contribution in [0, 0.1) is 80.1 Å². The number of epoxide rings is 2. The van der Waals surface area contributed by atoms with E-state index in [-0.39, 0.29) is 280 Å². The number of nitrogen functional groups attached to an aromatic ring is 1. The summed E-state index contributed by atoms with van der Waals surface area (Å²) < 4.78 is 33.6. The molecule has 6 fully saturated rings. The monoisotopic (exact) mass is 2680 g/mol. The fraction of sp³-hybridized carbons (Fsp3) is 0.467. The molecule has 0 saturated carbocycles. The molecular formula is C90H116BBr5ClFN12NaO22SY5-2. The van der Waals surface area contributed by atoms with E-state index in [4.69, 9.17) is 95.1 Å². The summed E-state index contributed by atoms with van der Waals surface area (Å²) in [4.78, 5) is 141. The molecule has 2 amide bonds. The van der Waals surface area contributed by atoms with Crippen molar-refractivity contribution in [1.82, 2.24) is 20.1 Å². The molecule has 6 aliphatic heterocycles. The van der Waals surface area contributed by atoms with E-state index in [0.717, 1.165) is 88.7 Å². The molecule has 4 aromatic carbocycles. The number of nitrogens with zero attached hydrogens (tertiary/aromatic N) is 9. The first-order chi connectivity index (χ1) is 61.9. The summed E-state index contributed by atoms with van der Waals surface area (Å²) in [6, 6.07) is 23.3. The van der Waals surface area contributed by atoms with Gasteiger partial charge in [-0.25, -0.2) is 38.6 Å². The van der Waals surface area contributed by atoms with Crippen LogP contribution < -0.4 is 46.5 Å². The predicted octanol–water partition coefficient (Wildman–Crippen LogP) is 12.0. The van der Waals surface area contributed by atoms with Gasteiger partial charge in [-0.15, -0.1) is 30.8 Å². The van der Waals surface area contributed by atoms with E-state index in [2.05, 4.69) is 149 Å². The fourth-order valence-electron chi connectivity index (χ4n) is 10.3. The number of cyclic esters (lactones) is 1. The number of allylic oxidation sites excluding steroid dienone is 1. The van der Waals surface area contributed by atoms with E-state index in [0.29, 0.717) is 90.5 Å². The Morgan fingerprint density at radius 3 is 1.29 bits per heavy atom. The van der Waals surface area contributed by atoms with Crippen LogP contribution in [0.2, 0.25) is 0 Å². The van der Waals surface area contributed by atoms with Gasteiger partial charge in [0.25, 0.3) is 5.91 Å². The molecule has 13 N–H and O–H groups in total. The van der Waals surface area contributed by atoms with Crippen molar-refractivity contribution in [3.63, 3.8) is 0 Å². The van der Waals surface area contributed by atoms with Crippen molar-refractivity contribution >= 4 is 205 Å². The largest absolute Gasteiger partial charge is 1.00 e. The Morgan fingerprint density at radius 2 is 1.03 bits per heavy atom. The Kier molecular flexibility index (Phi) is 89.9. The minimum Gasteiger partial charge on any atom is -0.399 e. The van der Waals surface area contributed by atoms with Gasteiger partial charge in [0.15, 0.2) is 56.9 Å². The number of carbonyl (C=O) groups is 11. The van der Waals surface area contributed by atoms with Crippen molar-refractivity contribution in [2.24, 2.45) is 10.1 Å². The van der Waals surface area contributed by atoms with Crippen LogP contribution in [0.25, 0.3) is 25.0 Å². The molecule has 6 radical (unpaired) electrons. The first-order valence-electron chi connectivity index (χ1n) is 40.2. The van der Waals surface area contributed by atoms with Gasteiger partial charge in [-0.1, -0.05) is 138 Å². The van der Waals surface area contributed by atoms with Crippen LogP contribution in [0.5, 0.6) is 0 Å². The number of Topliss-reactive ketones (excluding diaryl/α,β-unsaturated/α-hetero) is 3. The third kappa shape index (κ3) is 61.1. The maximum atomic E-state index is 11.9. The molecule has 6 aliphatic rings. The van der Waals surface area contributed by atoms with E-state index in [9.17, 15) is 62.2 Å². The number of hydrogen-bond acceptors (Lipinski definition) is 24. The third-order valence-electron chi connectivity index (χ3n) is 19.0. The minimum atomic E-state index is -1.62. The number of benzene rings is 4. The van der Waals surface area contributed by atoms with Crippen LogP contribution in [-0.2, 0) is 250 Å². The molecule has 139 heavy (non-hydrogen) atoms. The minimum absolute atomic E-state index is 0. The second-order valence-corrected chi connectivity index (χ2v) is 33.6. The topological polar surface area (TPSA) is 511 Å². The number of halogens is 7. The SMILES string of the molecule is Br.C=C(C)C(=O)Cl.C=C(C)C(=O)N1CCC[C@@H]1C(=O)O.C[C@@]1(CBr)OC(=O)C2CCCN2C1=O.C[C@](O)(CBr)C(=O)O.C[C@](O)(CBr)C(=O)O.Cc1[c-]cn[c-]c1C.N[N-]O.O=C(O)[C@H]1CCCN1.[2H]CF.[B]=NS.[C-]#[N+]c1ccc(CC(=O)[C@@](C)(O)CBr)cc1C.[C-]#[N+]c1ccc(CC(=O)[C@]2(C)CO2)cc1C.[C-]#[N+]c1ccc(CC(=O)[C@]2(C)CO2)cc1C.[C-]#[N+]c1ccc(N)cc1C.[Na+].[Y].[Y].[Y].[Y].[Y]. The van der Waals surface area contributed by atoms with Gasteiger partial charge >= 0.3 is 84.2 Å². The van der Waals surface area contributed by atoms with Crippen molar-refractivity contribution < 1.29 is 307 Å². The molecule has 1 aromatic heterocycles. The number of rotatable bonds is 19. The number of aliphatic carboxylic acids is 4. The zero-order valence-electron chi connectivity index (χ0n) is 81.1. The van der Waals surface area contributed by atoms with E-state index in [1.54, 1.807) is 74.3 Å². The maximum Gasteiger partial charge on any atom is 1.00 e. The number of nitrogens with one attached hydrogen (secondary N) is 1. The number of alkyl halides is 5. The van der Waals surface area contributed by atoms with Gasteiger partial charge in [-0.3, -0.25) is 43.5 Å². The number of ether oxygens (including phenoxy) is 3. The maximum absolute atomic E-state index is 11.9. The van der Waals surface area contributed by atoms with Gasteiger partial charge in [0.1, 0.15) is 34.9 Å². The van der Waals surface area contributed by atoms with Gasteiger partial charge < -0.3 is 104 Å². The quantitative estimate of drug-likeness (QED) is 0.00312. The number of aromatic nitrogens is 1. The molecule has 9 atom stereocenters. The molecule has 49 heteroatoms. The number of thiol groups is 1. The molecule has 0 aliphatic carbocycles. The molecule has 744 valence electrons. The first-order valence-corrected chi connectivity index (χ1v) is 44.7. The summed E-state index contributed by atoms with van der Waals surface area (Å²) in [5.41, 5.74) is 13.4. The van der Waals surface area contributed by atoms with Crippen LogP contribution >= 0.6 is 105 Å². The van der Waals surface area contributed by atoms with Crippen molar-refractivity contribution in [2.45, 2.75) is 206 Å². The molecule has 6 saturated heterocycles. The van der Waals surface area contributed by atoms with Crippen LogP contribution in [0.4, 0.5) is 32.8 Å². The van der Waals surface area contributed by atoms with Gasteiger partial charge in [0.05, 0.1) is 53.4 Å². The molecular weight excluding hydrogens is 2570 g/mol. The number of carboxylic acids is 4. The normalized spacial score (nSPS) is 18.1. The number of aliphatic hydroxyl groups is 3. The molecule has 0 spiro atoms. The number of morpholine rings is 1. The van der Waals surface area contributed by atoms with Crippen LogP contribution in [0.3, 0.4) is 0 Å². The Balaban J connectivity index is -0.000000166. The number of carboxylic acid groups (broad SMARTS) is 4. The predicted molar refractivity (Wildman–Crippen MR) is 527 cm³/mol. The number of esters is 1. The molecule has 34 nitrogen and oxygen atoms in total. The summed E-state index contributed by atoms with van der Waals surface area (Å²) in [5, 5.41) is 70.8. The number of anilines is 1. The summed E-state index contributed by atoms with van der Waals surface area (Å²) in [6.07, 6.45) is 10.1. The van der Waals surface area contributed by atoms with E-state index >= 15 is 0 Å². The smallest absolute Gasteiger partial charge is 0.399 e. The Labute approximate surface area is 1020 Å². The third-order valence-corrected chi connectivity index (χ3v) is 23.7. The number of hydrogen-bond donors (Lipinski definition) is 12. The van der Waals surface area contributed by atoms with E-state index in [1.165, 1.54) is 25.7 Å². The molecule has 0 bridgehead atoms. The summed E-state index contributed by atoms with van der Waals surface area (Å²) in [6.45, 7) is 61.3. The van der Waals surface area contributed by atoms with E-state index in [1.807, 2.05) is 91.3 Å². The first kappa shape index (κ1) is 154. The number of carbonyl (C=O) groups excluding carboxylic acids is 7. The van der Waals surface area contributed by atoms with Crippen LogP contribution in [0.15, 0.2) is 108 Å². The Hall–Kier alpha value is -2.77. The number of likely N-dealkylation sites (tertiary alicyclic amines) is 1. The molecule has 5 aromatic rings. The number of fused-ring (bicyclic) bond motifs is 1. The molecule has 7 heterocycles. The average Bonchev–Trinajstić information content (AvgIpc) is 1.53. The number of pyridine rings is 1. The summed E-state index contributed by atoms with van der Waals surface area (Å²) >= 11 is 20.1. The van der Waals surface area contributed by atoms with Crippen molar-refractivity contribution in [1.29, 1.82) is 0 Å².